The molecule has 1 rings (SSSR count). The van der Waals surface area contributed by atoms with Gasteiger partial charge in [-0.15, -0.1) is 0 Å². The number of aliphatic hydroxyl groups is 2. The minimum Gasteiger partial charge on any atom is -0.480 e. The molecule has 0 aromatic carbocycles. The van der Waals surface area contributed by atoms with Crippen molar-refractivity contribution in [2.24, 2.45) is 5.73 Å². The van der Waals surface area contributed by atoms with Gasteiger partial charge in [0.1, 0.15) is 12.1 Å². The number of aliphatic carboxylic acids is 1. The number of carboxylic acid groups (broad SMARTS) is 1. The van der Waals surface area contributed by atoms with Crippen LogP contribution in [0.5, 0.6) is 0 Å². The Bertz CT molecular complexity index is 574. The molecule has 11 nitrogen and oxygen atoms in total. The van der Waals surface area contributed by atoms with Crippen molar-refractivity contribution in [3.63, 3.8) is 0 Å². The maximum absolute atomic E-state index is 12.6. The van der Waals surface area contributed by atoms with Crippen LogP contribution in [0.4, 0.5) is 0 Å². The van der Waals surface area contributed by atoms with Crippen LogP contribution >= 0.6 is 12.6 Å². The van der Waals surface area contributed by atoms with Gasteiger partial charge in [0.2, 0.25) is 17.7 Å². The summed E-state index contributed by atoms with van der Waals surface area (Å²) in [7, 11) is 0. The summed E-state index contributed by atoms with van der Waals surface area (Å²) in [5.41, 5.74) is 5.52. The Kier molecular flexibility index (Phi) is 8.96. The lowest BCUT2D eigenvalue weighted by Gasteiger charge is -2.29. The lowest BCUT2D eigenvalue weighted by atomic mass is 10.1. The first-order valence-corrected chi connectivity index (χ1v) is 9.06. The highest BCUT2D eigenvalue weighted by atomic mass is 32.1. The van der Waals surface area contributed by atoms with Crippen molar-refractivity contribution in [2.45, 2.75) is 50.0 Å². The third kappa shape index (κ3) is 6.06. The molecule has 1 aliphatic rings. The number of hydrogen-bond donors (Lipinski definition) is 7. The number of aliphatic hydroxyl groups excluding tert-OH is 2. The fraction of sp³-hybridized carbons (Fsp3) is 0.733. The molecule has 0 aromatic rings. The van der Waals surface area contributed by atoms with Crippen molar-refractivity contribution in [1.82, 2.24) is 15.5 Å². The SMILES string of the molecule is CC(O)C(NC(=O)C1CCCN1C(=O)C(CO)NC(=O)C(N)CS)C(=O)O. The molecule has 1 aliphatic heterocycles. The summed E-state index contributed by atoms with van der Waals surface area (Å²) in [6.07, 6.45) is -0.561. The summed E-state index contributed by atoms with van der Waals surface area (Å²) in [6.45, 7) is 0.729. The van der Waals surface area contributed by atoms with E-state index in [4.69, 9.17) is 10.8 Å². The number of rotatable bonds is 9. The molecule has 12 heteroatoms. The zero-order chi connectivity index (χ0) is 20.7. The van der Waals surface area contributed by atoms with Gasteiger partial charge in [-0.25, -0.2) is 4.79 Å². The first kappa shape index (κ1) is 23.1. The van der Waals surface area contributed by atoms with Gasteiger partial charge in [-0.1, -0.05) is 0 Å². The van der Waals surface area contributed by atoms with Crippen molar-refractivity contribution >= 4 is 36.3 Å². The predicted molar refractivity (Wildman–Crippen MR) is 96.8 cm³/mol. The van der Waals surface area contributed by atoms with Crippen LogP contribution in [0.1, 0.15) is 19.8 Å². The predicted octanol–water partition coefficient (Wildman–Crippen LogP) is -3.34. The second-order valence-corrected chi connectivity index (χ2v) is 6.65. The van der Waals surface area contributed by atoms with Gasteiger partial charge in [-0.3, -0.25) is 14.4 Å². The molecule has 5 atom stereocenters. The number of nitrogens with one attached hydrogen (secondary N) is 2. The molecule has 1 heterocycles. The van der Waals surface area contributed by atoms with Gasteiger partial charge in [0, 0.05) is 12.3 Å². The average molecular weight is 406 g/mol. The van der Waals surface area contributed by atoms with Crippen LogP contribution < -0.4 is 16.4 Å². The summed E-state index contributed by atoms with van der Waals surface area (Å²) in [4.78, 5) is 49.2. The van der Waals surface area contributed by atoms with E-state index in [0.29, 0.717) is 6.42 Å². The summed E-state index contributed by atoms with van der Waals surface area (Å²) in [6, 6.07) is -4.74. The molecule has 7 N–H and O–H groups in total. The molecule has 0 bridgehead atoms. The Hall–Kier alpha value is -1.89. The van der Waals surface area contributed by atoms with Crippen LogP contribution in [0, 0.1) is 0 Å². The summed E-state index contributed by atoms with van der Waals surface area (Å²) in [5.74, 6) is -3.45. The largest absolute Gasteiger partial charge is 0.480 e. The summed E-state index contributed by atoms with van der Waals surface area (Å²) in [5, 5.41) is 32.5. The Balaban J connectivity index is 2.84. The molecule has 0 aromatic heterocycles. The quantitative estimate of drug-likeness (QED) is 0.194. The number of carbonyl (C=O) groups is 4. The Labute approximate surface area is 161 Å². The van der Waals surface area contributed by atoms with E-state index in [9.17, 15) is 29.4 Å². The number of likely N-dealkylation sites (tertiary alicyclic amines) is 1. The molecule has 3 amide bonds. The van der Waals surface area contributed by atoms with E-state index in [1.54, 1.807) is 0 Å². The van der Waals surface area contributed by atoms with Gasteiger partial charge in [0.15, 0.2) is 6.04 Å². The minimum absolute atomic E-state index is 0.0445. The third-order valence-electron chi connectivity index (χ3n) is 4.22. The van der Waals surface area contributed by atoms with Gasteiger partial charge in [-0.2, -0.15) is 12.6 Å². The van der Waals surface area contributed by atoms with Crippen LogP contribution in [0.3, 0.4) is 0 Å². The van der Waals surface area contributed by atoms with Crippen LogP contribution in [-0.2, 0) is 19.2 Å². The molecule has 1 fully saturated rings. The molecule has 27 heavy (non-hydrogen) atoms. The number of nitrogens with zero attached hydrogens (tertiary/aromatic N) is 1. The minimum atomic E-state index is -1.52. The molecule has 0 aliphatic carbocycles. The molecule has 154 valence electrons. The summed E-state index contributed by atoms with van der Waals surface area (Å²) >= 11 is 3.89. The first-order valence-electron chi connectivity index (χ1n) is 8.43. The van der Waals surface area contributed by atoms with Crippen molar-refractivity contribution in [3.8, 4) is 0 Å². The van der Waals surface area contributed by atoms with Gasteiger partial charge >= 0.3 is 5.97 Å². The number of thiol groups is 1. The smallest absolute Gasteiger partial charge is 0.328 e. The lowest BCUT2D eigenvalue weighted by Crippen LogP contribution is -2.58. The molecule has 5 unspecified atom stereocenters. The van der Waals surface area contributed by atoms with Gasteiger partial charge in [0.05, 0.1) is 18.8 Å². The van der Waals surface area contributed by atoms with E-state index >= 15 is 0 Å². The molecular weight excluding hydrogens is 380 g/mol. The van der Waals surface area contributed by atoms with Crippen molar-refractivity contribution in [2.75, 3.05) is 18.9 Å². The number of carboxylic acids is 1. The van der Waals surface area contributed by atoms with Crippen molar-refractivity contribution in [3.05, 3.63) is 0 Å². The third-order valence-corrected chi connectivity index (χ3v) is 4.61. The van der Waals surface area contributed by atoms with Crippen molar-refractivity contribution < 1.29 is 34.5 Å². The highest BCUT2D eigenvalue weighted by Crippen LogP contribution is 2.19. The second-order valence-electron chi connectivity index (χ2n) is 6.29. The Morgan fingerprint density at radius 1 is 1.30 bits per heavy atom. The van der Waals surface area contributed by atoms with Gasteiger partial charge in [0.25, 0.3) is 0 Å². The maximum Gasteiger partial charge on any atom is 0.328 e. The highest BCUT2D eigenvalue weighted by Gasteiger charge is 2.39. The van der Waals surface area contributed by atoms with E-state index in [1.165, 1.54) is 11.8 Å². The fourth-order valence-electron chi connectivity index (χ4n) is 2.69. The standard InChI is InChI=1S/C15H26N4O7S/c1-7(21)11(15(25)26)18-13(23)10-3-2-4-19(10)14(24)9(5-20)17-12(22)8(16)6-27/h7-11,20-21,27H,2-6,16H2,1H3,(H,17,22)(H,18,23)(H,25,26). The monoisotopic (exact) mass is 406 g/mol. The van der Waals surface area contributed by atoms with Crippen molar-refractivity contribution in [1.29, 1.82) is 0 Å². The van der Waals surface area contributed by atoms with Crippen LogP contribution in [-0.4, -0.2) is 93.1 Å². The lowest BCUT2D eigenvalue weighted by molar-refractivity contribution is -0.147. The van der Waals surface area contributed by atoms with E-state index in [1.807, 2.05) is 0 Å². The molecule has 0 saturated carbocycles. The Morgan fingerprint density at radius 2 is 1.93 bits per heavy atom. The first-order chi connectivity index (χ1) is 12.6. The highest BCUT2D eigenvalue weighted by molar-refractivity contribution is 7.80. The van der Waals surface area contributed by atoms with E-state index in [2.05, 4.69) is 23.3 Å². The van der Waals surface area contributed by atoms with Crippen LogP contribution in [0.25, 0.3) is 0 Å². The number of amides is 3. The van der Waals surface area contributed by atoms with E-state index < -0.39 is 60.6 Å². The zero-order valence-electron chi connectivity index (χ0n) is 14.9. The average Bonchev–Trinajstić information content (AvgIpc) is 3.11. The zero-order valence-corrected chi connectivity index (χ0v) is 15.8. The second kappa shape index (κ2) is 10.4. The topological polar surface area (TPSA) is 182 Å². The van der Waals surface area contributed by atoms with Crippen LogP contribution in [0.2, 0.25) is 0 Å². The fourth-order valence-corrected chi connectivity index (χ4v) is 2.85. The van der Waals surface area contributed by atoms with Crippen LogP contribution in [0.15, 0.2) is 0 Å². The van der Waals surface area contributed by atoms with E-state index in [0.717, 1.165) is 0 Å². The molecular formula is C15H26N4O7S. The molecule has 0 radical (unpaired) electrons. The van der Waals surface area contributed by atoms with Gasteiger partial charge < -0.3 is 36.6 Å². The number of nitrogens with two attached hydrogens (primary N) is 1. The van der Waals surface area contributed by atoms with Gasteiger partial charge in [-0.05, 0) is 19.8 Å². The molecule has 1 saturated heterocycles. The normalized spacial score (nSPS) is 21.1. The number of carbonyl (C=O) groups excluding carboxylic acids is 3. The Morgan fingerprint density at radius 3 is 2.41 bits per heavy atom. The van der Waals surface area contributed by atoms with E-state index in [-0.39, 0.29) is 18.7 Å². The maximum atomic E-state index is 12.6. The number of hydrogen-bond acceptors (Lipinski definition) is 8. The summed E-state index contributed by atoms with van der Waals surface area (Å²) < 4.78 is 0. The molecule has 0 spiro atoms.